The van der Waals surface area contributed by atoms with Crippen LogP contribution in [0, 0.1) is 0 Å². The number of hydrogen-bond donors (Lipinski definition) is 0. The average Bonchev–Trinajstić information content (AvgIpc) is 3.14. The fraction of sp³-hybridized carbons (Fsp3) is 0.714. The molecule has 0 N–H and O–H groups in total. The molecular formula is C14H22N6O. The smallest absolute Gasteiger partial charge is 0.226 e. The predicted molar refractivity (Wildman–Crippen MR) is 76.4 cm³/mol. The van der Waals surface area contributed by atoms with Crippen LogP contribution in [0.1, 0.15) is 44.3 Å². The lowest BCUT2D eigenvalue weighted by molar-refractivity contribution is 0.117. The van der Waals surface area contributed by atoms with Crippen molar-refractivity contribution in [2.24, 2.45) is 0 Å². The van der Waals surface area contributed by atoms with E-state index in [1.54, 1.807) is 12.7 Å². The van der Waals surface area contributed by atoms with Crippen molar-refractivity contribution < 1.29 is 4.52 Å². The molecule has 1 atom stereocenters. The fourth-order valence-electron chi connectivity index (χ4n) is 2.87. The lowest BCUT2D eigenvalue weighted by Gasteiger charge is -2.34. The molecule has 1 fully saturated rings. The Balaban J connectivity index is 1.63. The van der Waals surface area contributed by atoms with Crippen LogP contribution in [0.2, 0.25) is 0 Å². The summed E-state index contributed by atoms with van der Waals surface area (Å²) >= 11 is 0. The Morgan fingerprint density at radius 3 is 3.14 bits per heavy atom. The molecule has 0 radical (unpaired) electrons. The van der Waals surface area contributed by atoms with E-state index in [1.807, 2.05) is 4.68 Å². The Hall–Kier alpha value is -1.76. The van der Waals surface area contributed by atoms with Crippen molar-refractivity contribution >= 4 is 0 Å². The van der Waals surface area contributed by atoms with Gasteiger partial charge >= 0.3 is 0 Å². The minimum absolute atomic E-state index is 0.466. The molecule has 3 rings (SSSR count). The standard InChI is InChI=1S/C14H22N6O/c1-2-5-14-17-13(18-21-14)9-19-7-4-3-6-12(19)8-20-11-15-10-16-20/h10-12H,2-9H2,1H3/t12-/m1/s1. The van der Waals surface area contributed by atoms with Gasteiger partial charge in [-0.05, 0) is 25.8 Å². The summed E-state index contributed by atoms with van der Waals surface area (Å²) in [6.07, 6.45) is 8.93. The maximum Gasteiger partial charge on any atom is 0.226 e. The SMILES string of the molecule is CCCc1nc(CN2CCCC[C@@H]2Cn2cncn2)no1. The first-order chi connectivity index (χ1) is 10.3. The van der Waals surface area contributed by atoms with E-state index in [0.29, 0.717) is 6.04 Å². The zero-order chi connectivity index (χ0) is 14.5. The van der Waals surface area contributed by atoms with Crippen molar-refractivity contribution in [3.8, 4) is 0 Å². The van der Waals surface area contributed by atoms with E-state index < -0.39 is 0 Å². The third-order valence-electron chi connectivity index (χ3n) is 3.93. The number of hydrogen-bond acceptors (Lipinski definition) is 6. The second-order valence-electron chi connectivity index (χ2n) is 5.59. The summed E-state index contributed by atoms with van der Waals surface area (Å²) < 4.78 is 7.18. The maximum atomic E-state index is 5.27. The third kappa shape index (κ3) is 3.66. The van der Waals surface area contributed by atoms with Crippen LogP contribution in [0.3, 0.4) is 0 Å². The maximum absolute atomic E-state index is 5.27. The molecular weight excluding hydrogens is 268 g/mol. The van der Waals surface area contributed by atoms with Crippen LogP contribution < -0.4 is 0 Å². The zero-order valence-electron chi connectivity index (χ0n) is 12.5. The van der Waals surface area contributed by atoms with E-state index >= 15 is 0 Å². The molecule has 7 heteroatoms. The molecule has 0 spiro atoms. The summed E-state index contributed by atoms with van der Waals surface area (Å²) in [7, 11) is 0. The molecule has 1 saturated heterocycles. The van der Waals surface area contributed by atoms with Gasteiger partial charge in [-0.1, -0.05) is 18.5 Å². The highest BCUT2D eigenvalue weighted by molar-refractivity contribution is 4.89. The van der Waals surface area contributed by atoms with Gasteiger partial charge in [-0.15, -0.1) is 0 Å². The van der Waals surface area contributed by atoms with E-state index in [2.05, 4.69) is 32.0 Å². The molecule has 0 aromatic carbocycles. The Labute approximate surface area is 124 Å². The van der Waals surface area contributed by atoms with Gasteiger partial charge < -0.3 is 4.52 Å². The van der Waals surface area contributed by atoms with Gasteiger partial charge in [0.2, 0.25) is 5.89 Å². The number of aromatic nitrogens is 5. The Morgan fingerprint density at radius 1 is 1.38 bits per heavy atom. The van der Waals surface area contributed by atoms with Crippen LogP contribution in [-0.4, -0.2) is 42.4 Å². The van der Waals surface area contributed by atoms with Gasteiger partial charge in [0.1, 0.15) is 12.7 Å². The molecule has 21 heavy (non-hydrogen) atoms. The molecule has 0 aliphatic carbocycles. The minimum atomic E-state index is 0.466. The number of nitrogens with zero attached hydrogens (tertiary/aromatic N) is 6. The molecule has 2 aromatic heterocycles. The van der Waals surface area contributed by atoms with Gasteiger partial charge in [-0.25, -0.2) is 4.98 Å². The summed E-state index contributed by atoms with van der Waals surface area (Å²) in [5, 5.41) is 8.31. The monoisotopic (exact) mass is 290 g/mol. The highest BCUT2D eigenvalue weighted by atomic mass is 16.5. The quantitative estimate of drug-likeness (QED) is 0.805. The molecule has 1 aliphatic heterocycles. The lowest BCUT2D eigenvalue weighted by atomic mass is 10.0. The first kappa shape index (κ1) is 14.2. The molecule has 1 aliphatic rings. The fourth-order valence-corrected chi connectivity index (χ4v) is 2.87. The van der Waals surface area contributed by atoms with Gasteiger partial charge in [0, 0.05) is 12.5 Å². The van der Waals surface area contributed by atoms with E-state index in [0.717, 1.165) is 44.2 Å². The molecule has 0 amide bonds. The summed E-state index contributed by atoms with van der Waals surface area (Å²) in [6.45, 7) is 4.83. The summed E-state index contributed by atoms with van der Waals surface area (Å²) in [4.78, 5) is 10.9. The highest BCUT2D eigenvalue weighted by Crippen LogP contribution is 2.20. The molecule has 3 heterocycles. The van der Waals surface area contributed by atoms with Crippen molar-refractivity contribution in [3.05, 3.63) is 24.4 Å². The average molecular weight is 290 g/mol. The second kappa shape index (κ2) is 6.80. The topological polar surface area (TPSA) is 72.9 Å². The number of rotatable bonds is 6. The van der Waals surface area contributed by atoms with Crippen LogP contribution >= 0.6 is 0 Å². The normalized spacial score (nSPS) is 20.0. The summed E-state index contributed by atoms with van der Waals surface area (Å²) in [6, 6.07) is 0.466. The largest absolute Gasteiger partial charge is 0.339 e. The number of aryl methyl sites for hydroxylation is 1. The summed E-state index contributed by atoms with van der Waals surface area (Å²) in [5.74, 6) is 1.54. The van der Waals surface area contributed by atoms with Crippen LogP contribution in [0.5, 0.6) is 0 Å². The first-order valence-electron chi connectivity index (χ1n) is 7.73. The van der Waals surface area contributed by atoms with Crippen molar-refractivity contribution in [2.75, 3.05) is 6.54 Å². The van der Waals surface area contributed by atoms with E-state index in [4.69, 9.17) is 4.52 Å². The van der Waals surface area contributed by atoms with Crippen LogP contribution in [0.4, 0.5) is 0 Å². The molecule has 0 bridgehead atoms. The molecule has 114 valence electrons. The van der Waals surface area contributed by atoms with E-state index in [1.165, 1.54) is 19.3 Å². The number of piperidine rings is 1. The van der Waals surface area contributed by atoms with Gasteiger partial charge in [-0.2, -0.15) is 10.1 Å². The van der Waals surface area contributed by atoms with Crippen LogP contribution in [0.25, 0.3) is 0 Å². The number of likely N-dealkylation sites (tertiary alicyclic amines) is 1. The second-order valence-corrected chi connectivity index (χ2v) is 5.59. The Bertz CT molecular complexity index is 537. The molecule has 0 saturated carbocycles. The van der Waals surface area contributed by atoms with Crippen LogP contribution in [-0.2, 0) is 19.5 Å². The predicted octanol–water partition coefficient (Wildman–Crippen LogP) is 1.67. The van der Waals surface area contributed by atoms with Crippen LogP contribution in [0.15, 0.2) is 17.2 Å². The van der Waals surface area contributed by atoms with Crippen molar-refractivity contribution in [3.63, 3.8) is 0 Å². The zero-order valence-corrected chi connectivity index (χ0v) is 12.5. The Morgan fingerprint density at radius 2 is 2.33 bits per heavy atom. The van der Waals surface area contributed by atoms with Gasteiger partial charge in [0.25, 0.3) is 0 Å². The molecule has 7 nitrogen and oxygen atoms in total. The van der Waals surface area contributed by atoms with Gasteiger partial charge in [-0.3, -0.25) is 9.58 Å². The Kier molecular flexibility index (Phi) is 4.59. The minimum Gasteiger partial charge on any atom is -0.339 e. The van der Waals surface area contributed by atoms with Crippen molar-refractivity contribution in [1.29, 1.82) is 0 Å². The molecule has 2 aromatic rings. The lowest BCUT2D eigenvalue weighted by Crippen LogP contribution is -2.41. The third-order valence-corrected chi connectivity index (χ3v) is 3.93. The van der Waals surface area contributed by atoms with Gasteiger partial charge in [0.05, 0.1) is 13.1 Å². The van der Waals surface area contributed by atoms with Crippen molar-refractivity contribution in [2.45, 2.75) is 58.2 Å². The van der Waals surface area contributed by atoms with E-state index in [9.17, 15) is 0 Å². The molecule has 0 unspecified atom stereocenters. The summed E-state index contributed by atoms with van der Waals surface area (Å²) in [5.41, 5.74) is 0. The van der Waals surface area contributed by atoms with Crippen molar-refractivity contribution in [1.82, 2.24) is 29.8 Å². The van der Waals surface area contributed by atoms with Gasteiger partial charge in [0.15, 0.2) is 5.82 Å². The van der Waals surface area contributed by atoms with E-state index in [-0.39, 0.29) is 0 Å². The first-order valence-corrected chi connectivity index (χ1v) is 7.73. The highest BCUT2D eigenvalue weighted by Gasteiger charge is 2.24.